The van der Waals surface area contributed by atoms with E-state index in [1.807, 2.05) is 0 Å². The monoisotopic (exact) mass is 302 g/mol. The van der Waals surface area contributed by atoms with E-state index in [0.29, 0.717) is 0 Å². The molecule has 0 saturated carbocycles. The molecule has 118 valence electrons. The Morgan fingerprint density at radius 3 is 2.43 bits per heavy atom. The van der Waals surface area contributed by atoms with Crippen molar-refractivity contribution >= 4 is 5.97 Å². The second-order valence-corrected chi connectivity index (χ2v) is 5.89. The normalized spacial score (nSPS) is 47.6. The highest BCUT2D eigenvalue weighted by Crippen LogP contribution is 2.46. The van der Waals surface area contributed by atoms with Crippen LogP contribution in [-0.2, 0) is 33.5 Å². The van der Waals surface area contributed by atoms with Gasteiger partial charge in [-0.05, 0) is 32.9 Å². The van der Waals surface area contributed by atoms with Crippen LogP contribution in [0.5, 0.6) is 0 Å². The lowest BCUT2D eigenvalue weighted by Crippen LogP contribution is -2.52. The number of fused-ring (bicyclic) bond motifs is 1. The summed E-state index contributed by atoms with van der Waals surface area (Å²) in [5.41, 5.74) is 0. The van der Waals surface area contributed by atoms with Crippen LogP contribution in [0.2, 0.25) is 0 Å². The maximum atomic E-state index is 11.4. The van der Waals surface area contributed by atoms with E-state index >= 15 is 0 Å². The van der Waals surface area contributed by atoms with Gasteiger partial charge in [-0.1, -0.05) is 0 Å². The average molecular weight is 302 g/mol. The zero-order valence-electron chi connectivity index (χ0n) is 12.2. The second-order valence-electron chi connectivity index (χ2n) is 5.89. The van der Waals surface area contributed by atoms with Crippen molar-refractivity contribution < 1.29 is 38.6 Å². The van der Waals surface area contributed by atoms with Crippen molar-refractivity contribution in [3.05, 3.63) is 12.2 Å². The molecule has 0 aliphatic carbocycles. The number of hydrogen-bond donors (Lipinski definition) is 1. The molecule has 0 amide bonds. The van der Waals surface area contributed by atoms with Gasteiger partial charge in [0, 0.05) is 6.92 Å². The van der Waals surface area contributed by atoms with Crippen LogP contribution >= 0.6 is 0 Å². The van der Waals surface area contributed by atoms with Crippen molar-refractivity contribution in [2.24, 2.45) is 0 Å². The molecule has 5 atom stereocenters. The molecule has 0 aromatic heterocycles. The van der Waals surface area contributed by atoms with Gasteiger partial charge < -0.3 is 24.1 Å². The smallest absolute Gasteiger partial charge is 0.303 e. The summed E-state index contributed by atoms with van der Waals surface area (Å²) in [5.74, 6) is -4.49. The third kappa shape index (κ3) is 2.59. The zero-order chi connectivity index (χ0) is 15.5. The first kappa shape index (κ1) is 14.9. The SMILES string of the molecule is CC(=O)O[C@@H]1[C@H]2OC(C)(C)O[C@H]2OC12C=CC(C)(O)OO2. The first-order valence-electron chi connectivity index (χ1n) is 6.63. The molecule has 0 bridgehead atoms. The molecule has 2 saturated heterocycles. The lowest BCUT2D eigenvalue weighted by atomic mass is 10.0. The van der Waals surface area contributed by atoms with Crippen LogP contribution in [0.1, 0.15) is 27.7 Å². The summed E-state index contributed by atoms with van der Waals surface area (Å²) >= 11 is 0. The van der Waals surface area contributed by atoms with Gasteiger partial charge in [-0.15, -0.1) is 0 Å². The average Bonchev–Trinajstić information content (AvgIpc) is 2.76. The van der Waals surface area contributed by atoms with Gasteiger partial charge in [0.15, 0.2) is 24.3 Å². The first-order chi connectivity index (χ1) is 9.63. The van der Waals surface area contributed by atoms with E-state index in [9.17, 15) is 9.90 Å². The third-order valence-electron chi connectivity index (χ3n) is 3.34. The quantitative estimate of drug-likeness (QED) is 0.421. The Labute approximate surface area is 121 Å². The molecule has 8 heteroatoms. The molecule has 8 nitrogen and oxygen atoms in total. The fourth-order valence-corrected chi connectivity index (χ4v) is 2.54. The van der Waals surface area contributed by atoms with Gasteiger partial charge >= 0.3 is 5.97 Å². The van der Waals surface area contributed by atoms with Gasteiger partial charge in [0.1, 0.15) is 0 Å². The molecular formula is C13H18O8. The van der Waals surface area contributed by atoms with E-state index in [1.54, 1.807) is 13.8 Å². The van der Waals surface area contributed by atoms with Crippen molar-refractivity contribution in [3.63, 3.8) is 0 Å². The summed E-state index contributed by atoms with van der Waals surface area (Å²) in [4.78, 5) is 21.4. The molecule has 0 aromatic rings. The zero-order valence-corrected chi connectivity index (χ0v) is 12.2. The van der Waals surface area contributed by atoms with Crippen LogP contribution < -0.4 is 0 Å². The van der Waals surface area contributed by atoms with Crippen molar-refractivity contribution in [2.75, 3.05) is 0 Å². The lowest BCUT2D eigenvalue weighted by molar-refractivity contribution is -0.494. The van der Waals surface area contributed by atoms with Gasteiger partial charge in [0.25, 0.3) is 5.79 Å². The van der Waals surface area contributed by atoms with E-state index in [2.05, 4.69) is 0 Å². The van der Waals surface area contributed by atoms with E-state index < -0.39 is 41.8 Å². The molecule has 1 N–H and O–H groups in total. The Balaban J connectivity index is 1.90. The van der Waals surface area contributed by atoms with Crippen LogP contribution in [0.3, 0.4) is 0 Å². The maximum absolute atomic E-state index is 11.4. The molecular weight excluding hydrogens is 284 g/mol. The summed E-state index contributed by atoms with van der Waals surface area (Å²) in [6.45, 7) is 6.12. The molecule has 3 heterocycles. The van der Waals surface area contributed by atoms with Crippen molar-refractivity contribution in [3.8, 4) is 0 Å². The number of carbonyl (C=O) groups excluding carboxylic acids is 1. The van der Waals surface area contributed by atoms with Gasteiger partial charge in [0.05, 0.1) is 0 Å². The maximum Gasteiger partial charge on any atom is 0.303 e. The van der Waals surface area contributed by atoms with Crippen LogP contribution in [0, 0.1) is 0 Å². The van der Waals surface area contributed by atoms with Crippen LogP contribution in [0.25, 0.3) is 0 Å². The Morgan fingerprint density at radius 1 is 1.14 bits per heavy atom. The third-order valence-corrected chi connectivity index (χ3v) is 3.34. The minimum absolute atomic E-state index is 0.522. The molecule has 1 spiro atoms. The molecule has 3 aliphatic rings. The molecule has 3 aliphatic heterocycles. The lowest BCUT2D eigenvalue weighted by Gasteiger charge is -2.37. The molecule has 0 aromatic carbocycles. The summed E-state index contributed by atoms with van der Waals surface area (Å²) in [6, 6.07) is 0. The Hall–Kier alpha value is -1.03. The molecule has 2 fully saturated rings. The number of hydrogen-bond acceptors (Lipinski definition) is 8. The van der Waals surface area contributed by atoms with Gasteiger partial charge in [0.2, 0.25) is 5.79 Å². The minimum atomic E-state index is -1.59. The summed E-state index contributed by atoms with van der Waals surface area (Å²) in [7, 11) is 0. The van der Waals surface area contributed by atoms with E-state index in [4.69, 9.17) is 28.7 Å². The molecule has 2 unspecified atom stereocenters. The van der Waals surface area contributed by atoms with Gasteiger partial charge in [-0.2, -0.15) is 9.78 Å². The van der Waals surface area contributed by atoms with Crippen LogP contribution in [-0.4, -0.2) is 46.9 Å². The fourth-order valence-electron chi connectivity index (χ4n) is 2.54. The predicted octanol–water partition coefficient (Wildman–Crippen LogP) is 0.349. The fraction of sp³-hybridized carbons (Fsp3) is 0.769. The van der Waals surface area contributed by atoms with E-state index in [-0.39, 0.29) is 0 Å². The van der Waals surface area contributed by atoms with Crippen molar-refractivity contribution in [2.45, 2.75) is 63.6 Å². The highest BCUT2D eigenvalue weighted by atomic mass is 17.3. The predicted molar refractivity (Wildman–Crippen MR) is 65.1 cm³/mol. The molecule has 3 rings (SSSR count). The highest BCUT2D eigenvalue weighted by molar-refractivity contribution is 5.66. The summed E-state index contributed by atoms with van der Waals surface area (Å²) in [5, 5.41) is 9.71. The number of carbonyl (C=O) groups is 1. The summed E-state index contributed by atoms with van der Waals surface area (Å²) in [6.07, 6.45) is 0.413. The van der Waals surface area contributed by atoms with Crippen LogP contribution in [0.15, 0.2) is 12.2 Å². The summed E-state index contributed by atoms with van der Waals surface area (Å²) < 4.78 is 22.3. The van der Waals surface area contributed by atoms with E-state index in [1.165, 1.54) is 26.0 Å². The second kappa shape index (κ2) is 4.48. The first-order valence-corrected chi connectivity index (χ1v) is 6.63. The van der Waals surface area contributed by atoms with Crippen LogP contribution in [0.4, 0.5) is 0 Å². The van der Waals surface area contributed by atoms with Crippen molar-refractivity contribution in [1.82, 2.24) is 0 Å². The standard InChI is InChI=1S/C13H18O8/c1-7(14)16-9-8-10(18-11(2,3)17-8)19-13(9)6-5-12(4,15)20-21-13/h5-6,8-10,15H,1-4H3/t8-,9-,10+,12?,13?/m1/s1. The van der Waals surface area contributed by atoms with Crippen molar-refractivity contribution in [1.29, 1.82) is 0 Å². The number of aliphatic hydroxyl groups is 1. The van der Waals surface area contributed by atoms with E-state index in [0.717, 1.165) is 0 Å². The minimum Gasteiger partial charge on any atom is -0.453 e. The van der Waals surface area contributed by atoms with Gasteiger partial charge in [-0.25, -0.2) is 0 Å². The topological polar surface area (TPSA) is 92.7 Å². The molecule has 21 heavy (non-hydrogen) atoms. The Morgan fingerprint density at radius 2 is 1.86 bits per heavy atom. The number of rotatable bonds is 1. The Bertz CT molecular complexity index is 485. The molecule has 0 radical (unpaired) electrons. The number of esters is 1. The highest BCUT2D eigenvalue weighted by Gasteiger charge is 2.66. The number of ether oxygens (including phenoxy) is 4. The Kier molecular flexibility index (Phi) is 3.18. The van der Waals surface area contributed by atoms with Gasteiger partial charge in [-0.3, -0.25) is 4.79 Å². The largest absolute Gasteiger partial charge is 0.453 e.